The molecule has 1 saturated carbocycles. The van der Waals surface area contributed by atoms with Gasteiger partial charge in [0.15, 0.2) is 0 Å². The SMILES string of the molecule is CCNC(C)c1cccc(-c2cccc(OC3CC3)c2)c1. The third kappa shape index (κ3) is 3.64. The summed E-state index contributed by atoms with van der Waals surface area (Å²) in [5.41, 5.74) is 3.79. The van der Waals surface area contributed by atoms with Crippen LogP contribution in [-0.4, -0.2) is 12.6 Å². The molecule has 1 aliphatic rings. The van der Waals surface area contributed by atoms with Crippen molar-refractivity contribution < 1.29 is 4.74 Å². The molecule has 2 aromatic rings. The van der Waals surface area contributed by atoms with Crippen molar-refractivity contribution in [3.8, 4) is 16.9 Å². The lowest BCUT2D eigenvalue weighted by Crippen LogP contribution is -2.17. The number of rotatable bonds is 6. The van der Waals surface area contributed by atoms with Crippen molar-refractivity contribution in [3.05, 3.63) is 54.1 Å². The normalized spacial score (nSPS) is 15.7. The van der Waals surface area contributed by atoms with Crippen LogP contribution in [0, 0.1) is 0 Å². The summed E-state index contributed by atoms with van der Waals surface area (Å²) in [6, 6.07) is 17.5. The van der Waals surface area contributed by atoms with Gasteiger partial charge in [-0.2, -0.15) is 0 Å². The number of nitrogens with one attached hydrogen (secondary N) is 1. The van der Waals surface area contributed by atoms with Gasteiger partial charge in [0.2, 0.25) is 0 Å². The molecule has 0 bridgehead atoms. The summed E-state index contributed by atoms with van der Waals surface area (Å²) in [7, 11) is 0. The largest absolute Gasteiger partial charge is 0.490 e. The molecular weight excluding hydrogens is 258 g/mol. The Morgan fingerprint density at radius 3 is 2.52 bits per heavy atom. The van der Waals surface area contributed by atoms with Crippen LogP contribution in [0.2, 0.25) is 0 Å². The molecule has 0 saturated heterocycles. The molecule has 2 aromatic carbocycles. The summed E-state index contributed by atoms with van der Waals surface area (Å²) >= 11 is 0. The Morgan fingerprint density at radius 1 is 1.10 bits per heavy atom. The van der Waals surface area contributed by atoms with Gasteiger partial charge in [0.05, 0.1) is 6.10 Å². The summed E-state index contributed by atoms with van der Waals surface area (Å²) in [6.07, 6.45) is 2.83. The van der Waals surface area contributed by atoms with E-state index in [0.717, 1.165) is 12.3 Å². The summed E-state index contributed by atoms with van der Waals surface area (Å²) < 4.78 is 5.89. The highest BCUT2D eigenvalue weighted by atomic mass is 16.5. The van der Waals surface area contributed by atoms with E-state index in [9.17, 15) is 0 Å². The van der Waals surface area contributed by atoms with E-state index in [4.69, 9.17) is 4.74 Å². The van der Waals surface area contributed by atoms with Crippen molar-refractivity contribution in [3.63, 3.8) is 0 Å². The molecule has 0 heterocycles. The Morgan fingerprint density at radius 2 is 1.81 bits per heavy atom. The second-order valence-electron chi connectivity index (χ2n) is 5.75. The van der Waals surface area contributed by atoms with E-state index in [0.29, 0.717) is 12.1 Å². The van der Waals surface area contributed by atoms with Crippen molar-refractivity contribution in [2.24, 2.45) is 0 Å². The predicted molar refractivity (Wildman–Crippen MR) is 87.6 cm³/mol. The summed E-state index contributed by atoms with van der Waals surface area (Å²) in [6.45, 7) is 5.32. The maximum atomic E-state index is 5.89. The minimum atomic E-state index is 0.376. The number of hydrogen-bond donors (Lipinski definition) is 1. The van der Waals surface area contributed by atoms with E-state index < -0.39 is 0 Å². The molecule has 0 amide bonds. The third-order valence-corrected chi connectivity index (χ3v) is 3.89. The fourth-order valence-corrected chi connectivity index (χ4v) is 2.54. The number of hydrogen-bond acceptors (Lipinski definition) is 2. The van der Waals surface area contributed by atoms with Crippen molar-refractivity contribution in [1.82, 2.24) is 5.32 Å². The molecule has 0 aliphatic heterocycles. The molecule has 0 radical (unpaired) electrons. The van der Waals surface area contributed by atoms with Gasteiger partial charge in [-0.1, -0.05) is 37.3 Å². The highest BCUT2D eigenvalue weighted by Crippen LogP contribution is 2.30. The third-order valence-electron chi connectivity index (χ3n) is 3.89. The first-order chi connectivity index (χ1) is 10.3. The highest BCUT2D eigenvalue weighted by molar-refractivity contribution is 5.66. The average molecular weight is 281 g/mol. The van der Waals surface area contributed by atoms with Crippen LogP contribution in [0.15, 0.2) is 48.5 Å². The standard InChI is InChI=1S/C19H23NO/c1-3-20-14(2)15-6-4-7-16(12-15)17-8-5-9-19(13-17)21-18-10-11-18/h4-9,12-14,18,20H,3,10-11H2,1-2H3. The summed E-state index contributed by atoms with van der Waals surface area (Å²) in [5.74, 6) is 0.986. The average Bonchev–Trinajstić information content (AvgIpc) is 3.32. The fourth-order valence-electron chi connectivity index (χ4n) is 2.54. The molecule has 3 rings (SSSR count). The maximum Gasteiger partial charge on any atom is 0.120 e. The first kappa shape index (κ1) is 14.2. The zero-order valence-corrected chi connectivity index (χ0v) is 12.8. The summed E-state index contributed by atoms with van der Waals surface area (Å²) in [5, 5.41) is 3.46. The van der Waals surface area contributed by atoms with Crippen LogP contribution in [0.25, 0.3) is 11.1 Å². The molecule has 1 unspecified atom stereocenters. The van der Waals surface area contributed by atoms with Gasteiger partial charge >= 0.3 is 0 Å². The van der Waals surface area contributed by atoms with Gasteiger partial charge < -0.3 is 10.1 Å². The fraction of sp³-hybridized carbons (Fsp3) is 0.368. The first-order valence-electron chi connectivity index (χ1n) is 7.86. The minimum Gasteiger partial charge on any atom is -0.490 e. The van der Waals surface area contributed by atoms with Crippen molar-refractivity contribution in [1.29, 1.82) is 0 Å². The van der Waals surface area contributed by atoms with Gasteiger partial charge in [0.25, 0.3) is 0 Å². The summed E-state index contributed by atoms with van der Waals surface area (Å²) in [4.78, 5) is 0. The molecule has 2 heteroatoms. The minimum absolute atomic E-state index is 0.376. The molecule has 21 heavy (non-hydrogen) atoms. The van der Waals surface area contributed by atoms with E-state index in [1.54, 1.807) is 0 Å². The van der Waals surface area contributed by atoms with Crippen LogP contribution < -0.4 is 10.1 Å². The van der Waals surface area contributed by atoms with Crippen molar-refractivity contribution in [2.45, 2.75) is 38.8 Å². The second kappa shape index (κ2) is 6.31. The van der Waals surface area contributed by atoms with E-state index in [1.165, 1.54) is 29.5 Å². The van der Waals surface area contributed by atoms with Crippen LogP contribution in [0.1, 0.15) is 38.3 Å². The molecule has 110 valence electrons. The molecule has 1 aliphatic carbocycles. The Bertz CT molecular complexity index is 604. The molecule has 2 nitrogen and oxygen atoms in total. The Hall–Kier alpha value is -1.80. The molecule has 0 spiro atoms. The zero-order chi connectivity index (χ0) is 14.7. The Labute approximate surface area is 127 Å². The Kier molecular flexibility index (Phi) is 4.26. The predicted octanol–water partition coefficient (Wildman–Crippen LogP) is 4.57. The lowest BCUT2D eigenvalue weighted by atomic mass is 10.00. The van der Waals surface area contributed by atoms with Crippen LogP contribution in [0.4, 0.5) is 0 Å². The zero-order valence-electron chi connectivity index (χ0n) is 12.8. The molecule has 0 aromatic heterocycles. The quantitative estimate of drug-likeness (QED) is 0.837. The molecular formula is C19H23NO. The van der Waals surface area contributed by atoms with E-state index in [-0.39, 0.29) is 0 Å². The van der Waals surface area contributed by atoms with Crippen LogP contribution in [0.5, 0.6) is 5.75 Å². The van der Waals surface area contributed by atoms with E-state index in [1.807, 2.05) is 6.07 Å². The van der Waals surface area contributed by atoms with Gasteiger partial charge in [-0.05, 0) is 61.2 Å². The van der Waals surface area contributed by atoms with Crippen LogP contribution in [-0.2, 0) is 0 Å². The first-order valence-corrected chi connectivity index (χ1v) is 7.86. The lowest BCUT2D eigenvalue weighted by Gasteiger charge is -2.14. The van der Waals surface area contributed by atoms with Crippen molar-refractivity contribution >= 4 is 0 Å². The van der Waals surface area contributed by atoms with Crippen LogP contribution >= 0.6 is 0 Å². The highest BCUT2D eigenvalue weighted by Gasteiger charge is 2.23. The van der Waals surface area contributed by atoms with Gasteiger partial charge in [-0.3, -0.25) is 0 Å². The molecule has 1 N–H and O–H groups in total. The monoisotopic (exact) mass is 281 g/mol. The molecule has 1 atom stereocenters. The van der Waals surface area contributed by atoms with Crippen molar-refractivity contribution in [2.75, 3.05) is 6.54 Å². The number of benzene rings is 2. The van der Waals surface area contributed by atoms with Crippen LogP contribution in [0.3, 0.4) is 0 Å². The van der Waals surface area contributed by atoms with E-state index >= 15 is 0 Å². The van der Waals surface area contributed by atoms with E-state index in [2.05, 4.69) is 61.6 Å². The van der Waals surface area contributed by atoms with Gasteiger partial charge in [-0.15, -0.1) is 0 Å². The Balaban J connectivity index is 1.83. The van der Waals surface area contributed by atoms with Gasteiger partial charge in [0.1, 0.15) is 5.75 Å². The lowest BCUT2D eigenvalue weighted by molar-refractivity contribution is 0.303. The van der Waals surface area contributed by atoms with Gasteiger partial charge in [-0.25, -0.2) is 0 Å². The van der Waals surface area contributed by atoms with Gasteiger partial charge in [0, 0.05) is 6.04 Å². The second-order valence-corrected chi connectivity index (χ2v) is 5.75. The topological polar surface area (TPSA) is 21.3 Å². The number of ether oxygens (including phenoxy) is 1. The molecule has 1 fully saturated rings. The smallest absolute Gasteiger partial charge is 0.120 e. The maximum absolute atomic E-state index is 5.89.